The van der Waals surface area contributed by atoms with Gasteiger partial charge in [-0.25, -0.2) is 0 Å². The Balaban J connectivity index is 2.36. The Hall–Kier alpha value is -0.900. The monoisotopic (exact) mass is 253 g/mol. The summed E-state index contributed by atoms with van der Waals surface area (Å²) in [5, 5.41) is 0. The van der Waals surface area contributed by atoms with Gasteiger partial charge < -0.3 is 4.74 Å². The van der Waals surface area contributed by atoms with Crippen molar-refractivity contribution in [1.29, 1.82) is 0 Å². The molecule has 0 aromatic carbocycles. The fourth-order valence-electron chi connectivity index (χ4n) is 3.27. The molecule has 2 aliphatic rings. The summed E-state index contributed by atoms with van der Waals surface area (Å²) in [6.07, 6.45) is -0.231. The molecule has 18 heavy (non-hydrogen) atoms. The van der Waals surface area contributed by atoms with Crippen LogP contribution in [0.2, 0.25) is 0 Å². The molecule has 0 spiro atoms. The van der Waals surface area contributed by atoms with E-state index in [1.165, 1.54) is 4.90 Å². The van der Waals surface area contributed by atoms with Gasteiger partial charge in [-0.3, -0.25) is 14.5 Å². The van der Waals surface area contributed by atoms with E-state index in [4.69, 9.17) is 4.74 Å². The van der Waals surface area contributed by atoms with E-state index in [0.717, 1.165) is 0 Å². The molecule has 2 heterocycles. The third-order valence-corrected chi connectivity index (χ3v) is 4.14. The van der Waals surface area contributed by atoms with Crippen molar-refractivity contribution in [2.75, 3.05) is 6.54 Å². The largest absolute Gasteiger partial charge is 0.373 e. The first-order valence-corrected chi connectivity index (χ1v) is 6.90. The van der Waals surface area contributed by atoms with Crippen molar-refractivity contribution in [3.05, 3.63) is 0 Å². The van der Waals surface area contributed by atoms with Gasteiger partial charge in [0.25, 0.3) is 0 Å². The van der Waals surface area contributed by atoms with Crippen LogP contribution in [-0.4, -0.2) is 35.5 Å². The molecule has 0 bridgehead atoms. The number of amides is 2. The second-order valence-electron chi connectivity index (χ2n) is 6.03. The molecule has 0 aromatic heterocycles. The number of fused-ring (bicyclic) bond motifs is 1. The van der Waals surface area contributed by atoms with Crippen LogP contribution in [-0.2, 0) is 14.3 Å². The fourth-order valence-corrected chi connectivity index (χ4v) is 3.27. The van der Waals surface area contributed by atoms with Crippen LogP contribution in [0.3, 0.4) is 0 Å². The summed E-state index contributed by atoms with van der Waals surface area (Å²) in [5.74, 6) is -0.0667. The first kappa shape index (κ1) is 13.5. The number of imide groups is 1. The summed E-state index contributed by atoms with van der Waals surface area (Å²) in [5.41, 5.74) is 0. The first-order chi connectivity index (χ1) is 8.40. The average molecular weight is 253 g/mol. The summed E-state index contributed by atoms with van der Waals surface area (Å²) in [7, 11) is 0. The normalized spacial score (nSPS) is 36.1. The van der Waals surface area contributed by atoms with Crippen molar-refractivity contribution in [1.82, 2.24) is 4.90 Å². The molecular weight excluding hydrogens is 230 g/mol. The average Bonchev–Trinajstić information content (AvgIpc) is 2.78. The number of hydrogen-bond acceptors (Lipinski definition) is 3. The number of ether oxygens (including phenoxy) is 1. The SMILES string of the molecule is CCN1C(=O)[C@@H]2[C@H](C1=O)[C@H](C(C)C)O[C@@H]2C(C)C. The molecule has 4 heteroatoms. The third-order valence-electron chi connectivity index (χ3n) is 4.14. The smallest absolute Gasteiger partial charge is 0.235 e. The number of likely N-dealkylation sites (tertiary alicyclic amines) is 1. The molecule has 4 nitrogen and oxygen atoms in total. The molecule has 2 amide bonds. The Kier molecular flexibility index (Phi) is 3.49. The third kappa shape index (κ3) is 1.78. The Morgan fingerprint density at radius 1 is 1.00 bits per heavy atom. The summed E-state index contributed by atoms with van der Waals surface area (Å²) in [4.78, 5) is 26.1. The molecule has 2 aliphatic heterocycles. The highest BCUT2D eigenvalue weighted by Gasteiger charge is 2.60. The van der Waals surface area contributed by atoms with Crippen LogP contribution in [0, 0.1) is 23.7 Å². The van der Waals surface area contributed by atoms with Crippen LogP contribution in [0.1, 0.15) is 34.6 Å². The Labute approximate surface area is 109 Å². The van der Waals surface area contributed by atoms with Crippen LogP contribution in [0.25, 0.3) is 0 Å². The van der Waals surface area contributed by atoms with Crippen molar-refractivity contribution < 1.29 is 14.3 Å². The number of nitrogens with zero attached hydrogens (tertiary/aromatic N) is 1. The molecule has 0 unspecified atom stereocenters. The fraction of sp³-hybridized carbons (Fsp3) is 0.857. The number of hydrogen-bond donors (Lipinski definition) is 0. The van der Waals surface area contributed by atoms with Crippen molar-refractivity contribution in [3.63, 3.8) is 0 Å². The van der Waals surface area contributed by atoms with Gasteiger partial charge in [0.2, 0.25) is 11.8 Å². The molecule has 0 radical (unpaired) electrons. The van der Waals surface area contributed by atoms with E-state index in [1.807, 2.05) is 6.92 Å². The van der Waals surface area contributed by atoms with E-state index in [2.05, 4.69) is 27.7 Å². The van der Waals surface area contributed by atoms with Crippen LogP contribution in [0.5, 0.6) is 0 Å². The van der Waals surface area contributed by atoms with Gasteiger partial charge in [-0.2, -0.15) is 0 Å². The molecule has 2 rings (SSSR count). The van der Waals surface area contributed by atoms with E-state index < -0.39 is 0 Å². The molecule has 0 aliphatic carbocycles. The molecule has 102 valence electrons. The van der Waals surface area contributed by atoms with E-state index in [1.54, 1.807) is 0 Å². The lowest BCUT2D eigenvalue weighted by Crippen LogP contribution is -2.37. The minimum atomic E-state index is -0.259. The molecule has 0 saturated carbocycles. The zero-order valence-electron chi connectivity index (χ0n) is 11.8. The van der Waals surface area contributed by atoms with Crippen LogP contribution < -0.4 is 0 Å². The predicted octanol–water partition coefficient (Wildman–Crippen LogP) is 1.69. The minimum Gasteiger partial charge on any atom is -0.373 e. The lowest BCUT2D eigenvalue weighted by atomic mass is 9.82. The summed E-state index contributed by atoms with van der Waals surface area (Å²) in [6, 6.07) is 0. The zero-order chi connectivity index (χ0) is 13.6. The molecule has 4 atom stereocenters. The van der Waals surface area contributed by atoms with Crippen LogP contribution in [0.15, 0.2) is 0 Å². The van der Waals surface area contributed by atoms with Gasteiger partial charge in [-0.15, -0.1) is 0 Å². The second-order valence-corrected chi connectivity index (χ2v) is 6.03. The van der Waals surface area contributed by atoms with Crippen LogP contribution >= 0.6 is 0 Å². The maximum absolute atomic E-state index is 12.3. The summed E-state index contributed by atoms with van der Waals surface area (Å²) < 4.78 is 6.02. The number of carbonyl (C=O) groups excluding carboxylic acids is 2. The van der Waals surface area contributed by atoms with Gasteiger partial charge >= 0.3 is 0 Å². The van der Waals surface area contributed by atoms with Crippen molar-refractivity contribution >= 4 is 11.8 Å². The van der Waals surface area contributed by atoms with E-state index in [-0.39, 0.29) is 47.7 Å². The molecule has 2 saturated heterocycles. The zero-order valence-corrected chi connectivity index (χ0v) is 11.8. The second kappa shape index (κ2) is 4.65. The van der Waals surface area contributed by atoms with Gasteiger partial charge in [-0.05, 0) is 18.8 Å². The van der Waals surface area contributed by atoms with Gasteiger partial charge in [0, 0.05) is 6.54 Å². The molecule has 2 fully saturated rings. The minimum absolute atomic E-state index is 0.0330. The molecule has 0 aromatic rings. The maximum atomic E-state index is 12.3. The van der Waals surface area contributed by atoms with Crippen molar-refractivity contribution in [2.45, 2.75) is 46.8 Å². The number of rotatable bonds is 3. The Morgan fingerprint density at radius 3 is 1.67 bits per heavy atom. The van der Waals surface area contributed by atoms with Crippen molar-refractivity contribution in [2.24, 2.45) is 23.7 Å². The number of carbonyl (C=O) groups is 2. The highest BCUT2D eigenvalue weighted by atomic mass is 16.5. The highest BCUT2D eigenvalue weighted by Crippen LogP contribution is 2.45. The van der Waals surface area contributed by atoms with Gasteiger partial charge in [0.1, 0.15) is 0 Å². The van der Waals surface area contributed by atoms with Gasteiger partial charge in [0.15, 0.2) is 0 Å². The lowest BCUT2D eigenvalue weighted by molar-refractivity contribution is -0.144. The summed E-state index contributed by atoms with van der Waals surface area (Å²) >= 11 is 0. The van der Waals surface area contributed by atoms with E-state index >= 15 is 0 Å². The van der Waals surface area contributed by atoms with Gasteiger partial charge in [-0.1, -0.05) is 27.7 Å². The van der Waals surface area contributed by atoms with Crippen molar-refractivity contribution in [3.8, 4) is 0 Å². The Morgan fingerprint density at radius 2 is 1.39 bits per heavy atom. The van der Waals surface area contributed by atoms with Crippen LogP contribution in [0.4, 0.5) is 0 Å². The van der Waals surface area contributed by atoms with E-state index in [0.29, 0.717) is 6.54 Å². The topological polar surface area (TPSA) is 46.6 Å². The summed E-state index contributed by atoms with van der Waals surface area (Å²) in [6.45, 7) is 10.5. The molecule has 0 N–H and O–H groups in total. The Bertz CT molecular complexity index is 332. The maximum Gasteiger partial charge on any atom is 0.235 e. The molecular formula is C14H23NO3. The lowest BCUT2D eigenvalue weighted by Gasteiger charge is -2.24. The van der Waals surface area contributed by atoms with Gasteiger partial charge in [0.05, 0.1) is 24.0 Å². The highest BCUT2D eigenvalue weighted by molar-refractivity contribution is 6.06. The quantitative estimate of drug-likeness (QED) is 0.719. The van der Waals surface area contributed by atoms with E-state index in [9.17, 15) is 9.59 Å². The predicted molar refractivity (Wildman–Crippen MR) is 67.7 cm³/mol. The standard InChI is InChI=1S/C14H23NO3/c1-6-15-13(16)9-10(14(15)17)12(8(4)5)18-11(9)7(2)3/h7-12H,6H2,1-5H3/t9-,10+,11-,12+. The first-order valence-electron chi connectivity index (χ1n) is 6.90.